The third kappa shape index (κ3) is 2.59. The predicted octanol–water partition coefficient (Wildman–Crippen LogP) is 4.60. The van der Waals surface area contributed by atoms with Crippen LogP contribution in [0.15, 0.2) is 65.9 Å². The molecule has 2 heterocycles. The monoisotopic (exact) mass is 301 g/mol. The van der Waals surface area contributed by atoms with Crippen molar-refractivity contribution in [3.63, 3.8) is 0 Å². The second-order valence-electron chi connectivity index (χ2n) is 6.04. The Morgan fingerprint density at radius 2 is 1.96 bits per heavy atom. The van der Waals surface area contributed by atoms with Crippen LogP contribution in [0.3, 0.4) is 0 Å². The maximum Gasteiger partial charge on any atom is 0.133 e. The summed E-state index contributed by atoms with van der Waals surface area (Å²) >= 11 is 0. The third-order valence-corrected chi connectivity index (χ3v) is 4.50. The summed E-state index contributed by atoms with van der Waals surface area (Å²) in [4.78, 5) is 9.01. The van der Waals surface area contributed by atoms with Crippen LogP contribution in [0.4, 0.5) is 5.69 Å². The van der Waals surface area contributed by atoms with E-state index in [-0.39, 0.29) is 0 Å². The fraction of sp³-hybridized carbons (Fsp3) is 0.200. The van der Waals surface area contributed by atoms with Gasteiger partial charge >= 0.3 is 0 Å². The van der Waals surface area contributed by atoms with Gasteiger partial charge in [-0.25, -0.2) is 0 Å². The molecule has 0 radical (unpaired) electrons. The molecular formula is C20H19N3. The summed E-state index contributed by atoms with van der Waals surface area (Å²) in [5.74, 6) is 1.46. The van der Waals surface area contributed by atoms with Gasteiger partial charge in [0.05, 0.1) is 0 Å². The molecule has 1 aromatic heterocycles. The molecule has 0 bridgehead atoms. The molecular weight excluding hydrogens is 282 g/mol. The number of pyridine rings is 1. The lowest BCUT2D eigenvalue weighted by Gasteiger charge is -2.09. The highest BCUT2D eigenvalue weighted by Crippen LogP contribution is 2.33. The molecule has 0 spiro atoms. The Bertz CT molecular complexity index is 863. The Morgan fingerprint density at radius 3 is 2.78 bits per heavy atom. The molecule has 3 heteroatoms. The quantitative estimate of drug-likeness (QED) is 0.764. The first-order valence-corrected chi connectivity index (χ1v) is 8.06. The van der Waals surface area contributed by atoms with Gasteiger partial charge in [-0.3, -0.25) is 9.98 Å². The van der Waals surface area contributed by atoms with E-state index in [0.29, 0.717) is 5.92 Å². The second kappa shape index (κ2) is 5.84. The molecule has 0 saturated carbocycles. The number of rotatable bonds is 4. The van der Waals surface area contributed by atoms with Gasteiger partial charge in [0.15, 0.2) is 0 Å². The molecule has 114 valence electrons. The van der Waals surface area contributed by atoms with E-state index >= 15 is 0 Å². The van der Waals surface area contributed by atoms with Crippen molar-refractivity contribution in [3.8, 4) is 0 Å². The first-order chi connectivity index (χ1) is 11.3. The first kappa shape index (κ1) is 13.9. The lowest BCUT2D eigenvalue weighted by atomic mass is 10.00. The normalized spacial score (nSPS) is 15.8. The van der Waals surface area contributed by atoms with Crippen molar-refractivity contribution in [2.24, 2.45) is 4.99 Å². The SMILES string of the molecule is CC(CCN=C1Nc2cccc3cccc1c23)c1cccnc1. The molecule has 1 unspecified atom stereocenters. The maximum absolute atomic E-state index is 4.81. The van der Waals surface area contributed by atoms with Crippen molar-refractivity contribution in [1.82, 2.24) is 4.98 Å². The smallest absolute Gasteiger partial charge is 0.133 e. The van der Waals surface area contributed by atoms with Crippen molar-refractivity contribution in [1.29, 1.82) is 0 Å². The summed E-state index contributed by atoms with van der Waals surface area (Å²) in [7, 11) is 0. The van der Waals surface area contributed by atoms with Crippen molar-refractivity contribution < 1.29 is 0 Å². The van der Waals surface area contributed by atoms with Gasteiger partial charge in [0.2, 0.25) is 0 Å². The molecule has 2 aromatic carbocycles. The molecule has 1 N–H and O–H groups in total. The predicted molar refractivity (Wildman–Crippen MR) is 96.2 cm³/mol. The zero-order valence-electron chi connectivity index (χ0n) is 13.2. The van der Waals surface area contributed by atoms with Crippen LogP contribution in [-0.2, 0) is 0 Å². The van der Waals surface area contributed by atoms with E-state index in [2.05, 4.69) is 59.7 Å². The van der Waals surface area contributed by atoms with Crippen LogP contribution < -0.4 is 5.32 Å². The Labute approximate surface area is 136 Å². The van der Waals surface area contributed by atoms with E-state index in [4.69, 9.17) is 4.99 Å². The Hall–Kier alpha value is -2.68. The van der Waals surface area contributed by atoms with Gasteiger partial charge in [-0.05, 0) is 35.4 Å². The summed E-state index contributed by atoms with van der Waals surface area (Å²) < 4.78 is 0. The van der Waals surface area contributed by atoms with Crippen molar-refractivity contribution in [3.05, 3.63) is 72.1 Å². The van der Waals surface area contributed by atoms with Crippen LogP contribution in [0.2, 0.25) is 0 Å². The van der Waals surface area contributed by atoms with Crippen LogP contribution in [0.25, 0.3) is 10.8 Å². The van der Waals surface area contributed by atoms with E-state index in [1.807, 2.05) is 18.5 Å². The lowest BCUT2D eigenvalue weighted by Crippen LogP contribution is -2.09. The van der Waals surface area contributed by atoms with Crippen LogP contribution >= 0.6 is 0 Å². The van der Waals surface area contributed by atoms with Gasteiger partial charge in [0.25, 0.3) is 0 Å². The number of hydrogen-bond acceptors (Lipinski definition) is 2. The average Bonchev–Trinajstić information content (AvgIpc) is 2.96. The van der Waals surface area contributed by atoms with Gasteiger partial charge in [-0.2, -0.15) is 0 Å². The van der Waals surface area contributed by atoms with E-state index in [1.54, 1.807) is 0 Å². The number of amidine groups is 1. The van der Waals surface area contributed by atoms with Gasteiger partial charge in [-0.15, -0.1) is 0 Å². The van der Waals surface area contributed by atoms with E-state index < -0.39 is 0 Å². The van der Waals surface area contributed by atoms with Gasteiger partial charge < -0.3 is 5.32 Å². The van der Waals surface area contributed by atoms with Crippen LogP contribution in [-0.4, -0.2) is 17.4 Å². The summed E-state index contributed by atoms with van der Waals surface area (Å²) in [6.45, 7) is 3.04. The highest BCUT2D eigenvalue weighted by Gasteiger charge is 2.18. The Kier molecular flexibility index (Phi) is 3.54. The highest BCUT2D eigenvalue weighted by molar-refractivity contribution is 6.25. The molecule has 0 aliphatic carbocycles. The summed E-state index contributed by atoms with van der Waals surface area (Å²) in [5.41, 5.74) is 3.65. The number of nitrogens with one attached hydrogen (secondary N) is 1. The minimum atomic E-state index is 0.465. The molecule has 0 amide bonds. The number of aliphatic imine (C=N–C) groups is 1. The van der Waals surface area contributed by atoms with Crippen LogP contribution in [0.1, 0.15) is 30.4 Å². The summed E-state index contributed by atoms with van der Waals surface area (Å²) in [5, 5.41) is 6.01. The molecule has 3 aromatic rings. The molecule has 1 atom stereocenters. The zero-order valence-corrected chi connectivity index (χ0v) is 13.2. The van der Waals surface area contributed by atoms with Crippen LogP contribution in [0, 0.1) is 0 Å². The van der Waals surface area contributed by atoms with Gasteiger partial charge in [-0.1, -0.05) is 43.3 Å². The van der Waals surface area contributed by atoms with E-state index in [0.717, 1.165) is 24.5 Å². The topological polar surface area (TPSA) is 37.3 Å². The minimum absolute atomic E-state index is 0.465. The number of anilines is 1. The van der Waals surface area contributed by atoms with Crippen LogP contribution in [0.5, 0.6) is 0 Å². The molecule has 0 fully saturated rings. The lowest BCUT2D eigenvalue weighted by molar-refractivity contribution is 0.688. The minimum Gasteiger partial charge on any atom is -0.339 e. The van der Waals surface area contributed by atoms with Gasteiger partial charge in [0.1, 0.15) is 5.84 Å². The molecule has 1 aliphatic rings. The number of nitrogens with zero attached hydrogens (tertiary/aromatic N) is 2. The standard InChI is InChI=1S/C20H19N3/c1-14(16-7-4-11-21-13-16)10-12-22-20-17-8-2-5-15-6-3-9-18(23-20)19(15)17/h2-9,11,13-14H,10,12H2,1H3,(H,22,23). The number of benzene rings is 2. The van der Waals surface area contributed by atoms with E-state index in [9.17, 15) is 0 Å². The fourth-order valence-electron chi connectivity index (χ4n) is 3.17. The molecule has 3 nitrogen and oxygen atoms in total. The molecule has 1 aliphatic heterocycles. The molecule has 4 rings (SSSR count). The van der Waals surface area contributed by atoms with Crippen molar-refractivity contribution in [2.75, 3.05) is 11.9 Å². The summed E-state index contributed by atoms with van der Waals surface area (Å²) in [6, 6.07) is 16.9. The average molecular weight is 301 g/mol. The third-order valence-electron chi connectivity index (χ3n) is 4.50. The maximum atomic E-state index is 4.81. The van der Waals surface area contributed by atoms with Crippen molar-refractivity contribution >= 4 is 22.3 Å². The first-order valence-electron chi connectivity index (χ1n) is 8.06. The second-order valence-corrected chi connectivity index (χ2v) is 6.04. The van der Waals surface area contributed by atoms with Gasteiger partial charge in [0, 0.05) is 35.6 Å². The fourth-order valence-corrected chi connectivity index (χ4v) is 3.17. The Morgan fingerprint density at radius 1 is 1.09 bits per heavy atom. The number of hydrogen-bond donors (Lipinski definition) is 1. The highest BCUT2D eigenvalue weighted by atomic mass is 15.0. The molecule has 0 saturated heterocycles. The largest absolute Gasteiger partial charge is 0.339 e. The van der Waals surface area contributed by atoms with E-state index in [1.165, 1.54) is 21.9 Å². The summed E-state index contributed by atoms with van der Waals surface area (Å²) in [6.07, 6.45) is 4.78. The molecule has 23 heavy (non-hydrogen) atoms. The number of aromatic nitrogens is 1. The van der Waals surface area contributed by atoms with Crippen molar-refractivity contribution in [2.45, 2.75) is 19.3 Å². The zero-order chi connectivity index (χ0) is 15.6. The Balaban J connectivity index is 1.52.